The minimum atomic E-state index is 0.683. The number of hydrogen-bond donors (Lipinski definition) is 0. The van der Waals surface area contributed by atoms with E-state index in [1.807, 2.05) is 13.8 Å². The maximum Gasteiger partial charge on any atom is 0.162 e. The summed E-state index contributed by atoms with van der Waals surface area (Å²) in [5.74, 6) is 0.683. The van der Waals surface area contributed by atoms with E-state index in [1.54, 1.807) is 24.8 Å². The SMILES string of the molecule is Cc1ncnc(C)c1-c1ncccn1. The van der Waals surface area contributed by atoms with Crippen molar-refractivity contribution in [3.63, 3.8) is 0 Å². The van der Waals surface area contributed by atoms with Gasteiger partial charge in [0.2, 0.25) is 0 Å². The average Bonchev–Trinajstić information content (AvgIpc) is 2.19. The van der Waals surface area contributed by atoms with Gasteiger partial charge in [-0.2, -0.15) is 0 Å². The molecule has 0 saturated heterocycles. The van der Waals surface area contributed by atoms with Crippen molar-refractivity contribution in [2.75, 3.05) is 0 Å². The van der Waals surface area contributed by atoms with Gasteiger partial charge in [-0.05, 0) is 19.9 Å². The summed E-state index contributed by atoms with van der Waals surface area (Å²) in [5.41, 5.74) is 2.74. The van der Waals surface area contributed by atoms with Crippen LogP contribution >= 0.6 is 0 Å². The third-order valence-electron chi connectivity index (χ3n) is 2.02. The van der Waals surface area contributed by atoms with Crippen LogP contribution in [0.4, 0.5) is 0 Å². The molecule has 0 radical (unpaired) electrons. The summed E-state index contributed by atoms with van der Waals surface area (Å²) in [6, 6.07) is 1.79. The van der Waals surface area contributed by atoms with Gasteiger partial charge in [-0.3, -0.25) is 0 Å². The van der Waals surface area contributed by atoms with Crippen molar-refractivity contribution < 1.29 is 0 Å². The van der Waals surface area contributed by atoms with Gasteiger partial charge in [0.05, 0.1) is 17.0 Å². The molecule has 0 amide bonds. The molecular weight excluding hydrogens is 176 g/mol. The van der Waals surface area contributed by atoms with Gasteiger partial charge in [-0.15, -0.1) is 0 Å². The molecule has 0 atom stereocenters. The monoisotopic (exact) mass is 186 g/mol. The van der Waals surface area contributed by atoms with Gasteiger partial charge in [0.25, 0.3) is 0 Å². The fourth-order valence-corrected chi connectivity index (χ4v) is 1.34. The summed E-state index contributed by atoms with van der Waals surface area (Å²) in [7, 11) is 0. The van der Waals surface area contributed by atoms with E-state index in [0.29, 0.717) is 5.82 Å². The van der Waals surface area contributed by atoms with E-state index in [1.165, 1.54) is 0 Å². The normalized spacial score (nSPS) is 10.1. The lowest BCUT2D eigenvalue weighted by Crippen LogP contribution is -1.97. The van der Waals surface area contributed by atoms with Gasteiger partial charge >= 0.3 is 0 Å². The van der Waals surface area contributed by atoms with Crippen LogP contribution in [0.15, 0.2) is 24.8 Å². The van der Waals surface area contributed by atoms with E-state index in [9.17, 15) is 0 Å². The minimum Gasteiger partial charge on any atom is -0.241 e. The topological polar surface area (TPSA) is 51.6 Å². The zero-order valence-electron chi connectivity index (χ0n) is 8.10. The third-order valence-corrected chi connectivity index (χ3v) is 2.02. The van der Waals surface area contributed by atoms with Crippen molar-refractivity contribution in [2.45, 2.75) is 13.8 Å². The maximum atomic E-state index is 4.18. The standard InChI is InChI=1S/C10H10N4/c1-7-9(8(2)14-6-13-7)10-11-4-3-5-12-10/h3-6H,1-2H3. The molecular formula is C10H10N4. The number of nitrogens with zero attached hydrogens (tertiary/aromatic N) is 4. The van der Waals surface area contributed by atoms with Crippen LogP contribution in [0.25, 0.3) is 11.4 Å². The van der Waals surface area contributed by atoms with Crippen LogP contribution in [0.2, 0.25) is 0 Å². The minimum absolute atomic E-state index is 0.683. The maximum absolute atomic E-state index is 4.18. The molecule has 14 heavy (non-hydrogen) atoms. The van der Waals surface area contributed by atoms with Crippen molar-refractivity contribution in [3.05, 3.63) is 36.2 Å². The van der Waals surface area contributed by atoms with Crippen LogP contribution in [-0.4, -0.2) is 19.9 Å². The molecule has 0 aromatic carbocycles. The van der Waals surface area contributed by atoms with Crippen molar-refractivity contribution >= 4 is 0 Å². The predicted molar refractivity (Wildman–Crippen MR) is 52.5 cm³/mol. The number of aryl methyl sites for hydroxylation is 2. The van der Waals surface area contributed by atoms with Crippen molar-refractivity contribution in [3.8, 4) is 11.4 Å². The van der Waals surface area contributed by atoms with E-state index in [0.717, 1.165) is 17.0 Å². The lowest BCUT2D eigenvalue weighted by atomic mass is 10.1. The molecule has 4 heteroatoms. The first-order valence-electron chi connectivity index (χ1n) is 4.34. The third kappa shape index (κ3) is 1.46. The van der Waals surface area contributed by atoms with Crippen molar-refractivity contribution in [1.29, 1.82) is 0 Å². The van der Waals surface area contributed by atoms with Gasteiger partial charge in [-0.1, -0.05) is 0 Å². The first-order chi connectivity index (χ1) is 6.79. The Hall–Kier alpha value is -1.84. The number of hydrogen-bond acceptors (Lipinski definition) is 4. The molecule has 2 aromatic heterocycles. The molecule has 0 bridgehead atoms. The Labute approximate surface area is 82.1 Å². The second-order valence-electron chi connectivity index (χ2n) is 2.99. The van der Waals surface area contributed by atoms with E-state index in [2.05, 4.69) is 19.9 Å². The van der Waals surface area contributed by atoms with Gasteiger partial charge in [0.15, 0.2) is 5.82 Å². The summed E-state index contributed by atoms with van der Waals surface area (Å²) in [6.45, 7) is 3.86. The Morgan fingerprint density at radius 2 is 1.43 bits per heavy atom. The molecule has 2 aromatic rings. The molecule has 4 nitrogen and oxygen atoms in total. The predicted octanol–water partition coefficient (Wildman–Crippen LogP) is 1.55. The highest BCUT2D eigenvalue weighted by atomic mass is 14.9. The molecule has 0 aliphatic carbocycles. The van der Waals surface area contributed by atoms with Crippen molar-refractivity contribution in [1.82, 2.24) is 19.9 Å². The van der Waals surface area contributed by atoms with Gasteiger partial charge < -0.3 is 0 Å². The van der Waals surface area contributed by atoms with E-state index in [-0.39, 0.29) is 0 Å². The first kappa shape index (κ1) is 8.74. The molecule has 0 saturated carbocycles. The van der Waals surface area contributed by atoms with E-state index >= 15 is 0 Å². The highest BCUT2D eigenvalue weighted by Crippen LogP contribution is 2.19. The van der Waals surface area contributed by atoms with Crippen LogP contribution in [0, 0.1) is 13.8 Å². The molecule has 0 unspecified atom stereocenters. The Balaban J connectivity index is 2.63. The Bertz CT molecular complexity index is 419. The molecule has 70 valence electrons. The van der Waals surface area contributed by atoms with Crippen LogP contribution in [-0.2, 0) is 0 Å². The molecule has 2 heterocycles. The highest BCUT2D eigenvalue weighted by Gasteiger charge is 2.08. The quantitative estimate of drug-likeness (QED) is 0.678. The molecule has 2 rings (SSSR count). The van der Waals surface area contributed by atoms with Crippen LogP contribution in [0.1, 0.15) is 11.4 Å². The summed E-state index contributed by atoms with van der Waals surface area (Å²) in [5, 5.41) is 0. The second kappa shape index (κ2) is 3.49. The fraction of sp³-hybridized carbons (Fsp3) is 0.200. The van der Waals surface area contributed by atoms with Crippen LogP contribution in [0.5, 0.6) is 0 Å². The van der Waals surface area contributed by atoms with Gasteiger partial charge in [-0.25, -0.2) is 19.9 Å². The lowest BCUT2D eigenvalue weighted by Gasteiger charge is -2.04. The lowest BCUT2D eigenvalue weighted by molar-refractivity contribution is 1.03. The van der Waals surface area contributed by atoms with Gasteiger partial charge in [0.1, 0.15) is 6.33 Å². The van der Waals surface area contributed by atoms with E-state index in [4.69, 9.17) is 0 Å². The molecule has 0 spiro atoms. The number of rotatable bonds is 1. The zero-order chi connectivity index (χ0) is 9.97. The molecule has 0 N–H and O–H groups in total. The summed E-state index contributed by atoms with van der Waals surface area (Å²) in [4.78, 5) is 16.6. The molecule has 0 aliphatic rings. The van der Waals surface area contributed by atoms with Crippen LogP contribution in [0.3, 0.4) is 0 Å². The smallest absolute Gasteiger partial charge is 0.162 e. The summed E-state index contributed by atoms with van der Waals surface area (Å²) in [6.07, 6.45) is 4.99. The first-order valence-corrected chi connectivity index (χ1v) is 4.34. The summed E-state index contributed by atoms with van der Waals surface area (Å²) >= 11 is 0. The zero-order valence-corrected chi connectivity index (χ0v) is 8.10. The average molecular weight is 186 g/mol. The molecule has 0 aliphatic heterocycles. The molecule has 0 fully saturated rings. The van der Waals surface area contributed by atoms with E-state index < -0.39 is 0 Å². The largest absolute Gasteiger partial charge is 0.241 e. The van der Waals surface area contributed by atoms with Gasteiger partial charge in [0, 0.05) is 12.4 Å². The Kier molecular flexibility index (Phi) is 2.18. The number of aromatic nitrogens is 4. The Morgan fingerprint density at radius 1 is 0.857 bits per heavy atom. The fourth-order valence-electron chi connectivity index (χ4n) is 1.34. The highest BCUT2D eigenvalue weighted by molar-refractivity contribution is 5.59. The summed E-state index contributed by atoms with van der Waals surface area (Å²) < 4.78 is 0. The Morgan fingerprint density at radius 3 is 2.00 bits per heavy atom. The van der Waals surface area contributed by atoms with Crippen LogP contribution < -0.4 is 0 Å². The van der Waals surface area contributed by atoms with Crippen molar-refractivity contribution in [2.24, 2.45) is 0 Å². The second-order valence-corrected chi connectivity index (χ2v) is 2.99.